The molecule has 1 aromatic carbocycles. The minimum atomic E-state index is 0.694. The molecule has 0 spiro atoms. The van der Waals surface area contributed by atoms with Crippen LogP contribution in [0.4, 0.5) is 0 Å². The number of hydrogen-bond acceptors (Lipinski definition) is 4. The van der Waals surface area contributed by atoms with Crippen molar-refractivity contribution in [1.82, 2.24) is 14.6 Å². The molecular weight excluding hydrogens is 278 g/mol. The maximum atomic E-state index is 6.31. The topological polar surface area (TPSA) is 28.2 Å². The van der Waals surface area contributed by atoms with E-state index in [0.29, 0.717) is 6.04 Å². The fourth-order valence-corrected chi connectivity index (χ4v) is 4.42. The maximum Gasteiger partial charge on any atom is 0.0679 e. The van der Waals surface area contributed by atoms with E-state index >= 15 is 0 Å². The van der Waals surface area contributed by atoms with Crippen LogP contribution in [0.1, 0.15) is 0 Å². The quantitative estimate of drug-likeness (QED) is 0.861. The predicted molar refractivity (Wildman–Crippen MR) is 79.5 cm³/mol. The Balaban J connectivity index is 1.67. The van der Waals surface area contributed by atoms with Crippen molar-refractivity contribution >= 4 is 34.3 Å². The minimum absolute atomic E-state index is 0.694. The summed E-state index contributed by atoms with van der Waals surface area (Å²) in [6.07, 6.45) is 3.60. The van der Waals surface area contributed by atoms with Crippen molar-refractivity contribution in [3.63, 3.8) is 0 Å². The molecule has 2 saturated heterocycles. The molecule has 19 heavy (non-hydrogen) atoms. The van der Waals surface area contributed by atoms with Crippen LogP contribution < -0.4 is 5.32 Å². The van der Waals surface area contributed by atoms with Gasteiger partial charge in [0.2, 0.25) is 0 Å². The largest absolute Gasteiger partial charge is 0.312 e. The highest BCUT2D eigenvalue weighted by molar-refractivity contribution is 7.97. The molecule has 0 amide bonds. The summed E-state index contributed by atoms with van der Waals surface area (Å²) >= 11 is 8.13. The normalized spacial score (nSPS) is 26.4. The minimum Gasteiger partial charge on any atom is -0.312 e. The number of halogens is 1. The molecule has 2 fully saturated rings. The Hall–Kier alpha value is -0.810. The first-order chi connectivity index (χ1) is 9.31. The predicted octanol–water partition coefficient (Wildman–Crippen LogP) is 2.80. The van der Waals surface area contributed by atoms with Gasteiger partial charge in [-0.2, -0.15) is 0 Å². The molecule has 0 saturated carbocycles. The first-order valence-electron chi connectivity index (χ1n) is 6.50. The van der Waals surface area contributed by atoms with E-state index in [4.69, 9.17) is 11.6 Å². The Labute approximate surface area is 121 Å². The number of benzene rings is 1. The highest BCUT2D eigenvalue weighted by atomic mass is 35.5. The molecule has 2 unspecified atom stereocenters. The first-order valence-corrected chi connectivity index (χ1v) is 7.65. The highest BCUT2D eigenvalue weighted by Crippen LogP contribution is 2.37. The van der Waals surface area contributed by atoms with Gasteiger partial charge in [-0.3, -0.25) is 4.98 Å². The van der Waals surface area contributed by atoms with E-state index in [1.165, 1.54) is 18.0 Å². The van der Waals surface area contributed by atoms with Crippen molar-refractivity contribution in [3.8, 4) is 0 Å². The second kappa shape index (κ2) is 4.63. The van der Waals surface area contributed by atoms with E-state index in [1.807, 2.05) is 18.1 Å². The van der Waals surface area contributed by atoms with Gasteiger partial charge in [-0.15, -0.1) is 0 Å². The van der Waals surface area contributed by atoms with Gasteiger partial charge in [0.15, 0.2) is 0 Å². The molecule has 3 nitrogen and oxygen atoms in total. The zero-order chi connectivity index (χ0) is 12.8. The molecule has 2 aromatic rings. The van der Waals surface area contributed by atoms with E-state index < -0.39 is 0 Å². The third-order valence-corrected chi connectivity index (χ3v) is 5.36. The molecule has 98 valence electrons. The lowest BCUT2D eigenvalue weighted by atomic mass is 9.96. The summed E-state index contributed by atoms with van der Waals surface area (Å²) in [6, 6.07) is 6.98. The summed E-state index contributed by atoms with van der Waals surface area (Å²) in [7, 11) is 0. The Kier molecular flexibility index (Phi) is 2.92. The molecular formula is C14H14ClN3S. The van der Waals surface area contributed by atoms with Crippen LogP contribution in [0.3, 0.4) is 0 Å². The number of hydrogen-bond donors (Lipinski definition) is 1. The van der Waals surface area contributed by atoms with Gasteiger partial charge in [0, 0.05) is 59.7 Å². The summed E-state index contributed by atoms with van der Waals surface area (Å²) in [5, 5.41) is 6.45. The molecule has 5 heteroatoms. The molecule has 0 aliphatic carbocycles. The summed E-state index contributed by atoms with van der Waals surface area (Å²) in [4.78, 5) is 5.38. The fraction of sp³-hybridized carbons (Fsp3) is 0.357. The lowest BCUT2D eigenvalue weighted by Gasteiger charge is -2.30. The van der Waals surface area contributed by atoms with Crippen molar-refractivity contribution in [2.75, 3.05) is 19.6 Å². The van der Waals surface area contributed by atoms with Gasteiger partial charge < -0.3 is 5.32 Å². The number of aromatic nitrogens is 1. The Bertz CT molecular complexity index is 616. The summed E-state index contributed by atoms with van der Waals surface area (Å²) in [6.45, 7) is 3.46. The third kappa shape index (κ3) is 2.03. The molecule has 2 atom stereocenters. The summed E-state index contributed by atoms with van der Waals surface area (Å²) < 4.78 is 2.45. The molecule has 2 aliphatic rings. The van der Waals surface area contributed by atoms with Crippen LogP contribution in [-0.4, -0.2) is 35.0 Å². The summed E-state index contributed by atoms with van der Waals surface area (Å²) in [5.41, 5.74) is 0. The van der Waals surface area contributed by atoms with Gasteiger partial charge in [-0.25, -0.2) is 4.31 Å². The van der Waals surface area contributed by atoms with Gasteiger partial charge >= 0.3 is 0 Å². The second-order valence-electron chi connectivity index (χ2n) is 5.19. The zero-order valence-corrected chi connectivity index (χ0v) is 11.9. The van der Waals surface area contributed by atoms with Gasteiger partial charge in [-0.1, -0.05) is 23.7 Å². The van der Waals surface area contributed by atoms with E-state index in [1.54, 1.807) is 6.20 Å². The average Bonchev–Trinajstić information content (AvgIpc) is 2.66. The Morgan fingerprint density at radius 1 is 1.32 bits per heavy atom. The van der Waals surface area contributed by atoms with Crippen LogP contribution in [0.5, 0.6) is 0 Å². The van der Waals surface area contributed by atoms with Crippen LogP contribution in [0.2, 0.25) is 5.02 Å². The summed E-state index contributed by atoms with van der Waals surface area (Å²) in [5.74, 6) is 0.833. The Morgan fingerprint density at radius 3 is 3.00 bits per heavy atom. The zero-order valence-electron chi connectivity index (χ0n) is 10.3. The number of nitrogens with zero attached hydrogens (tertiary/aromatic N) is 2. The molecule has 1 aromatic heterocycles. The number of pyridine rings is 1. The van der Waals surface area contributed by atoms with Crippen molar-refractivity contribution in [2.24, 2.45) is 5.92 Å². The van der Waals surface area contributed by atoms with Gasteiger partial charge in [0.25, 0.3) is 0 Å². The fourth-order valence-electron chi connectivity index (χ4n) is 2.86. The van der Waals surface area contributed by atoms with Crippen molar-refractivity contribution in [1.29, 1.82) is 0 Å². The number of fused-ring (bicyclic) bond motifs is 2. The molecule has 0 radical (unpaired) electrons. The lowest BCUT2D eigenvalue weighted by Crippen LogP contribution is -2.51. The third-order valence-electron chi connectivity index (χ3n) is 3.98. The Morgan fingerprint density at radius 2 is 2.26 bits per heavy atom. The molecule has 1 N–H and O–H groups in total. The average molecular weight is 292 g/mol. The molecule has 4 rings (SSSR count). The highest BCUT2D eigenvalue weighted by Gasteiger charge is 2.39. The lowest BCUT2D eigenvalue weighted by molar-refractivity contribution is 0.297. The number of rotatable bonds is 2. The standard InChI is InChI=1S/C14H14ClN3S/c15-11-6-16-4-9-2-1-3-13(14(9)11)19-18-7-10-5-17-12(10)8-18/h1-4,6,10,12,17H,5,7-8H2. The smallest absolute Gasteiger partial charge is 0.0679 e. The van der Waals surface area contributed by atoms with Gasteiger partial charge in [0.1, 0.15) is 0 Å². The van der Waals surface area contributed by atoms with Crippen molar-refractivity contribution in [3.05, 3.63) is 35.6 Å². The van der Waals surface area contributed by atoms with Gasteiger partial charge in [-0.05, 0) is 18.0 Å². The molecule has 0 bridgehead atoms. The monoisotopic (exact) mass is 291 g/mol. The maximum absolute atomic E-state index is 6.31. The van der Waals surface area contributed by atoms with E-state index in [2.05, 4.69) is 32.8 Å². The van der Waals surface area contributed by atoms with Crippen LogP contribution in [0.25, 0.3) is 10.8 Å². The first kappa shape index (κ1) is 12.0. The van der Waals surface area contributed by atoms with E-state index in [9.17, 15) is 0 Å². The van der Waals surface area contributed by atoms with Gasteiger partial charge in [0.05, 0.1) is 5.02 Å². The number of nitrogens with one attached hydrogen (secondary N) is 1. The van der Waals surface area contributed by atoms with Crippen molar-refractivity contribution in [2.45, 2.75) is 10.9 Å². The van der Waals surface area contributed by atoms with Crippen LogP contribution in [0, 0.1) is 5.92 Å². The molecule has 3 heterocycles. The van der Waals surface area contributed by atoms with E-state index in [-0.39, 0.29) is 0 Å². The van der Waals surface area contributed by atoms with Crippen molar-refractivity contribution < 1.29 is 0 Å². The SMILES string of the molecule is Clc1cncc2cccc(SN3CC4CNC4C3)c12. The van der Waals surface area contributed by atoms with Crippen LogP contribution in [-0.2, 0) is 0 Å². The van der Waals surface area contributed by atoms with E-state index in [0.717, 1.165) is 28.3 Å². The van der Waals surface area contributed by atoms with Crippen LogP contribution in [0.15, 0.2) is 35.5 Å². The molecule has 2 aliphatic heterocycles. The second-order valence-corrected chi connectivity index (χ2v) is 6.73. The van der Waals surface area contributed by atoms with Crippen LogP contribution >= 0.6 is 23.5 Å².